The highest BCUT2D eigenvalue weighted by Gasteiger charge is 2.21. The molecule has 1 aliphatic rings. The average Bonchev–Trinajstić information content (AvgIpc) is 2.67. The molecule has 25 heavy (non-hydrogen) atoms. The van der Waals surface area contributed by atoms with Crippen LogP contribution in [0.2, 0.25) is 0 Å². The topological polar surface area (TPSA) is 77.7 Å². The van der Waals surface area contributed by atoms with Crippen molar-refractivity contribution in [2.45, 2.75) is 6.54 Å². The van der Waals surface area contributed by atoms with Crippen molar-refractivity contribution >= 4 is 22.5 Å². The van der Waals surface area contributed by atoms with Gasteiger partial charge in [-0.1, -0.05) is 24.3 Å². The minimum atomic E-state index is -0.0890. The molecule has 3 aromatic rings. The third kappa shape index (κ3) is 2.69. The molecule has 126 valence electrons. The molecular weight excluding hydrogens is 320 g/mol. The van der Waals surface area contributed by atoms with Crippen molar-refractivity contribution in [1.82, 2.24) is 9.55 Å². The van der Waals surface area contributed by atoms with Gasteiger partial charge in [-0.25, -0.2) is 4.98 Å². The second kappa shape index (κ2) is 6.27. The zero-order valence-electron chi connectivity index (χ0n) is 13.6. The van der Waals surface area contributed by atoms with E-state index in [1.807, 2.05) is 36.4 Å². The van der Waals surface area contributed by atoms with Crippen LogP contribution in [0.25, 0.3) is 10.9 Å². The summed E-state index contributed by atoms with van der Waals surface area (Å²) in [6, 6.07) is 14.7. The van der Waals surface area contributed by atoms with Gasteiger partial charge in [-0.15, -0.1) is 5.10 Å². The van der Waals surface area contributed by atoms with Crippen LogP contribution in [0.5, 0.6) is 5.75 Å². The van der Waals surface area contributed by atoms with Crippen molar-refractivity contribution in [3.63, 3.8) is 0 Å². The van der Waals surface area contributed by atoms with E-state index in [1.165, 1.54) is 0 Å². The average molecular weight is 336 g/mol. The number of para-hydroxylation sites is 3. The Morgan fingerprint density at radius 1 is 1.20 bits per heavy atom. The highest BCUT2D eigenvalue weighted by molar-refractivity contribution is 5.94. The molecule has 1 aromatic heterocycles. The number of nitrogens with one attached hydrogen (secondary N) is 1. The van der Waals surface area contributed by atoms with Gasteiger partial charge < -0.3 is 9.47 Å². The van der Waals surface area contributed by atoms with Crippen LogP contribution in [-0.2, 0) is 11.3 Å². The van der Waals surface area contributed by atoms with Crippen LogP contribution < -0.4 is 15.7 Å². The minimum absolute atomic E-state index is 0.0890. The van der Waals surface area contributed by atoms with Gasteiger partial charge in [0.1, 0.15) is 12.4 Å². The van der Waals surface area contributed by atoms with Gasteiger partial charge in [0.05, 0.1) is 30.2 Å². The molecule has 4 rings (SSSR count). The number of nitrogens with zero attached hydrogens (tertiary/aromatic N) is 3. The minimum Gasteiger partial charge on any atom is -0.495 e. The molecule has 0 radical (unpaired) electrons. The lowest BCUT2D eigenvalue weighted by molar-refractivity contribution is 0.259. The lowest BCUT2D eigenvalue weighted by Crippen LogP contribution is -2.35. The number of fused-ring (bicyclic) bond motifs is 2. The third-order valence-corrected chi connectivity index (χ3v) is 3.99. The number of hydrazone groups is 1. The molecule has 0 atom stereocenters. The standard InChI is InChI=1S/C18H16N4O3/c1-24-15-9-5-4-8-14(15)20-21-17-16-19-13-7-3-2-6-12(13)18(23)22(16)10-11-25-17/h2-9,20H,10-11H2,1H3/b21-17-. The Bertz CT molecular complexity index is 1030. The fraction of sp³-hybridized carbons (Fsp3) is 0.167. The van der Waals surface area contributed by atoms with Crippen molar-refractivity contribution in [3.05, 3.63) is 64.7 Å². The predicted molar refractivity (Wildman–Crippen MR) is 95.1 cm³/mol. The van der Waals surface area contributed by atoms with Crippen LogP contribution in [0.3, 0.4) is 0 Å². The molecule has 0 amide bonds. The third-order valence-electron chi connectivity index (χ3n) is 3.99. The maximum atomic E-state index is 12.7. The van der Waals surface area contributed by atoms with E-state index in [9.17, 15) is 4.79 Å². The molecule has 2 aromatic carbocycles. The van der Waals surface area contributed by atoms with Gasteiger partial charge in [0, 0.05) is 0 Å². The summed E-state index contributed by atoms with van der Waals surface area (Å²) in [5.74, 6) is 1.35. The molecule has 2 heterocycles. The van der Waals surface area contributed by atoms with E-state index >= 15 is 0 Å². The van der Waals surface area contributed by atoms with E-state index in [2.05, 4.69) is 15.5 Å². The van der Waals surface area contributed by atoms with E-state index in [-0.39, 0.29) is 11.5 Å². The van der Waals surface area contributed by atoms with Gasteiger partial charge in [0.25, 0.3) is 11.5 Å². The van der Waals surface area contributed by atoms with Crippen molar-refractivity contribution in [2.24, 2.45) is 5.10 Å². The maximum Gasteiger partial charge on any atom is 0.275 e. The molecule has 0 unspecified atom stereocenters. The van der Waals surface area contributed by atoms with Crippen molar-refractivity contribution in [3.8, 4) is 5.75 Å². The van der Waals surface area contributed by atoms with Gasteiger partial charge in [-0.2, -0.15) is 0 Å². The second-order valence-corrected chi connectivity index (χ2v) is 5.49. The predicted octanol–water partition coefficient (Wildman–Crippen LogP) is 2.21. The summed E-state index contributed by atoms with van der Waals surface area (Å²) < 4.78 is 12.5. The molecular formula is C18H16N4O3. The first-order valence-corrected chi connectivity index (χ1v) is 7.87. The Labute approximate surface area is 143 Å². The zero-order chi connectivity index (χ0) is 17.2. The molecule has 0 saturated carbocycles. The molecule has 7 heteroatoms. The Balaban J connectivity index is 1.78. The maximum absolute atomic E-state index is 12.7. The largest absolute Gasteiger partial charge is 0.495 e. The van der Waals surface area contributed by atoms with E-state index in [1.54, 1.807) is 23.8 Å². The number of aromatic nitrogens is 2. The Morgan fingerprint density at radius 3 is 2.88 bits per heavy atom. The summed E-state index contributed by atoms with van der Waals surface area (Å²) in [5, 5.41) is 4.88. The van der Waals surface area contributed by atoms with E-state index in [0.29, 0.717) is 41.3 Å². The first-order valence-electron chi connectivity index (χ1n) is 7.87. The van der Waals surface area contributed by atoms with E-state index < -0.39 is 0 Å². The summed E-state index contributed by atoms with van der Waals surface area (Å²) in [6.45, 7) is 0.805. The number of ether oxygens (including phenoxy) is 2. The molecule has 0 bridgehead atoms. The van der Waals surface area contributed by atoms with Crippen molar-refractivity contribution in [2.75, 3.05) is 19.1 Å². The van der Waals surface area contributed by atoms with Crippen LogP contribution in [-0.4, -0.2) is 29.2 Å². The van der Waals surface area contributed by atoms with Crippen molar-refractivity contribution in [1.29, 1.82) is 0 Å². The second-order valence-electron chi connectivity index (χ2n) is 5.49. The lowest BCUT2D eigenvalue weighted by atomic mass is 10.2. The van der Waals surface area contributed by atoms with Gasteiger partial charge in [-0.05, 0) is 24.3 Å². The first kappa shape index (κ1) is 15.2. The highest BCUT2D eigenvalue weighted by atomic mass is 16.5. The monoisotopic (exact) mass is 336 g/mol. The van der Waals surface area contributed by atoms with E-state index in [0.717, 1.165) is 0 Å². The number of rotatable bonds is 3. The normalized spacial score (nSPS) is 14.8. The summed E-state index contributed by atoms with van der Waals surface area (Å²) >= 11 is 0. The smallest absolute Gasteiger partial charge is 0.275 e. The Kier molecular flexibility index (Phi) is 3.81. The first-order chi connectivity index (χ1) is 12.3. The van der Waals surface area contributed by atoms with Crippen molar-refractivity contribution < 1.29 is 9.47 Å². The van der Waals surface area contributed by atoms with Gasteiger partial charge in [0.15, 0.2) is 0 Å². The molecule has 0 saturated heterocycles. The molecule has 1 aliphatic heterocycles. The zero-order valence-corrected chi connectivity index (χ0v) is 13.6. The van der Waals surface area contributed by atoms with Crippen LogP contribution in [0, 0.1) is 0 Å². The Hall–Kier alpha value is -3.35. The van der Waals surface area contributed by atoms with Crippen LogP contribution >= 0.6 is 0 Å². The fourth-order valence-corrected chi connectivity index (χ4v) is 2.77. The number of methoxy groups -OCH3 is 1. The van der Waals surface area contributed by atoms with Gasteiger partial charge in [-0.3, -0.25) is 14.8 Å². The number of hydrogen-bond acceptors (Lipinski definition) is 6. The summed E-state index contributed by atoms with van der Waals surface area (Å²) in [5.41, 5.74) is 4.15. The van der Waals surface area contributed by atoms with Crippen LogP contribution in [0.1, 0.15) is 5.82 Å². The van der Waals surface area contributed by atoms with E-state index in [4.69, 9.17) is 9.47 Å². The fourth-order valence-electron chi connectivity index (χ4n) is 2.77. The molecule has 0 fully saturated rings. The van der Waals surface area contributed by atoms with Gasteiger partial charge >= 0.3 is 0 Å². The number of hydrogen-bond donors (Lipinski definition) is 1. The number of anilines is 1. The highest BCUT2D eigenvalue weighted by Crippen LogP contribution is 2.23. The van der Waals surface area contributed by atoms with Crippen LogP contribution in [0.4, 0.5) is 5.69 Å². The number of benzene rings is 2. The molecule has 0 aliphatic carbocycles. The quantitative estimate of drug-likeness (QED) is 0.742. The molecule has 7 nitrogen and oxygen atoms in total. The molecule has 0 spiro atoms. The summed E-state index contributed by atoms with van der Waals surface area (Å²) in [6.07, 6.45) is 0. The Morgan fingerprint density at radius 2 is 2.00 bits per heavy atom. The molecule has 1 N–H and O–H groups in total. The lowest BCUT2D eigenvalue weighted by Gasteiger charge is -2.20. The SMILES string of the molecule is COc1ccccc1N/N=C1\OCCn2c1nc1ccccc1c2=O. The van der Waals surface area contributed by atoms with Crippen LogP contribution in [0.15, 0.2) is 58.4 Å². The summed E-state index contributed by atoms with van der Waals surface area (Å²) in [4.78, 5) is 17.2. The summed E-state index contributed by atoms with van der Waals surface area (Å²) in [7, 11) is 1.59. The van der Waals surface area contributed by atoms with Gasteiger partial charge in [0.2, 0.25) is 5.82 Å².